The average Bonchev–Trinajstić information content (AvgIpc) is 2.34. The molecule has 19 heavy (non-hydrogen) atoms. The Morgan fingerprint density at radius 3 is 2.16 bits per heavy atom. The third kappa shape index (κ3) is 3.55. The van der Waals surface area contributed by atoms with Gasteiger partial charge in [-0.25, -0.2) is 4.39 Å². The van der Waals surface area contributed by atoms with Crippen LogP contribution in [0.25, 0.3) is 0 Å². The number of hydrogen-bond acceptors (Lipinski definition) is 2. The first kappa shape index (κ1) is 14.5. The number of halogens is 3. The highest BCUT2D eigenvalue weighted by molar-refractivity contribution is 9.11. The molecule has 0 bridgehead atoms. The molecule has 0 aliphatic rings. The maximum Gasteiger partial charge on any atom is 0.141 e. The van der Waals surface area contributed by atoms with E-state index in [0.717, 1.165) is 10.0 Å². The zero-order valence-electron chi connectivity index (χ0n) is 10.0. The fourth-order valence-electron chi connectivity index (χ4n) is 1.54. The van der Waals surface area contributed by atoms with Crippen LogP contribution in [0, 0.1) is 5.82 Å². The quantitative estimate of drug-likeness (QED) is 0.781. The van der Waals surface area contributed by atoms with Gasteiger partial charge >= 0.3 is 0 Å². The van der Waals surface area contributed by atoms with Crippen molar-refractivity contribution in [2.75, 3.05) is 0 Å². The first-order chi connectivity index (χ1) is 8.97. The average molecular weight is 390 g/mol. The van der Waals surface area contributed by atoms with Crippen molar-refractivity contribution in [2.24, 2.45) is 0 Å². The summed E-state index contributed by atoms with van der Waals surface area (Å²) in [6, 6.07) is 9.54. The minimum atomic E-state index is -0.539. The van der Waals surface area contributed by atoms with E-state index < -0.39 is 6.10 Å². The molecule has 100 valence electrons. The van der Waals surface area contributed by atoms with Gasteiger partial charge in [-0.15, -0.1) is 0 Å². The first-order valence-corrected chi connectivity index (χ1v) is 7.16. The van der Waals surface area contributed by atoms with Crippen molar-refractivity contribution in [1.29, 1.82) is 0 Å². The van der Waals surface area contributed by atoms with Gasteiger partial charge in [-0.3, -0.25) is 0 Å². The second-order valence-electron chi connectivity index (χ2n) is 4.04. The summed E-state index contributed by atoms with van der Waals surface area (Å²) in [6.07, 6.45) is -0.539. The fourth-order valence-corrected chi connectivity index (χ4v) is 2.45. The van der Waals surface area contributed by atoms with Crippen molar-refractivity contribution in [3.8, 4) is 11.5 Å². The summed E-state index contributed by atoms with van der Waals surface area (Å²) < 4.78 is 19.9. The van der Waals surface area contributed by atoms with Crippen LogP contribution in [0.3, 0.4) is 0 Å². The van der Waals surface area contributed by atoms with Crippen LogP contribution in [-0.4, -0.2) is 5.11 Å². The molecule has 0 heterocycles. The number of hydrogen-bond donors (Lipinski definition) is 1. The normalized spacial score (nSPS) is 12.3. The van der Waals surface area contributed by atoms with Crippen molar-refractivity contribution in [3.05, 3.63) is 56.7 Å². The van der Waals surface area contributed by atoms with Gasteiger partial charge in [0.05, 0.1) is 15.0 Å². The van der Waals surface area contributed by atoms with E-state index >= 15 is 0 Å². The molecular weight excluding hydrogens is 379 g/mol. The van der Waals surface area contributed by atoms with Crippen LogP contribution in [0.1, 0.15) is 18.6 Å². The fraction of sp³-hybridized carbons (Fsp3) is 0.143. The molecule has 0 saturated carbocycles. The maximum atomic E-state index is 13.0. The molecule has 0 saturated heterocycles. The SMILES string of the molecule is C[C@H](O)c1ccc(Oc2ccc(F)cc2Br)c(Br)c1. The molecule has 0 aliphatic carbocycles. The maximum absolute atomic E-state index is 13.0. The summed E-state index contributed by atoms with van der Waals surface area (Å²) in [7, 11) is 0. The lowest BCUT2D eigenvalue weighted by molar-refractivity contribution is 0.199. The van der Waals surface area contributed by atoms with Gasteiger partial charge in [0.2, 0.25) is 0 Å². The molecule has 2 aromatic carbocycles. The Kier molecular flexibility index (Phi) is 4.60. The van der Waals surface area contributed by atoms with Crippen molar-refractivity contribution < 1.29 is 14.2 Å². The summed E-state index contributed by atoms with van der Waals surface area (Å²) in [5.41, 5.74) is 0.789. The Bertz CT molecular complexity index is 600. The second kappa shape index (κ2) is 6.03. The second-order valence-corrected chi connectivity index (χ2v) is 5.75. The molecule has 5 heteroatoms. The molecular formula is C14H11Br2FO2. The van der Waals surface area contributed by atoms with E-state index in [2.05, 4.69) is 31.9 Å². The molecule has 0 fully saturated rings. The van der Waals surface area contributed by atoms with E-state index in [4.69, 9.17) is 4.74 Å². The smallest absolute Gasteiger partial charge is 0.141 e. The zero-order chi connectivity index (χ0) is 14.0. The van der Waals surface area contributed by atoms with Gasteiger partial charge in [0, 0.05) is 0 Å². The molecule has 0 aromatic heterocycles. The van der Waals surface area contributed by atoms with Crippen LogP contribution < -0.4 is 4.74 Å². The molecule has 0 radical (unpaired) electrons. The van der Waals surface area contributed by atoms with Crippen LogP contribution in [0.2, 0.25) is 0 Å². The summed E-state index contributed by atoms with van der Waals surface area (Å²) in [5, 5.41) is 9.49. The molecule has 1 N–H and O–H groups in total. The Balaban J connectivity index is 2.28. The molecule has 2 nitrogen and oxygen atoms in total. The lowest BCUT2D eigenvalue weighted by Gasteiger charge is -2.11. The van der Waals surface area contributed by atoms with Gasteiger partial charge in [0.15, 0.2) is 0 Å². The van der Waals surface area contributed by atoms with Crippen LogP contribution in [0.5, 0.6) is 11.5 Å². The van der Waals surface area contributed by atoms with Gasteiger partial charge < -0.3 is 9.84 Å². The molecule has 0 aliphatic heterocycles. The summed E-state index contributed by atoms with van der Waals surface area (Å²) in [6.45, 7) is 1.69. The van der Waals surface area contributed by atoms with Crippen molar-refractivity contribution >= 4 is 31.9 Å². The Morgan fingerprint density at radius 2 is 1.63 bits per heavy atom. The van der Waals surface area contributed by atoms with Gasteiger partial charge in [0.25, 0.3) is 0 Å². The minimum absolute atomic E-state index is 0.331. The van der Waals surface area contributed by atoms with Gasteiger partial charge in [-0.1, -0.05) is 6.07 Å². The van der Waals surface area contributed by atoms with Crippen LogP contribution in [-0.2, 0) is 0 Å². The highest BCUT2D eigenvalue weighted by Crippen LogP contribution is 2.35. The monoisotopic (exact) mass is 388 g/mol. The van der Waals surface area contributed by atoms with E-state index in [0.29, 0.717) is 16.0 Å². The van der Waals surface area contributed by atoms with E-state index in [1.807, 2.05) is 0 Å². The molecule has 2 rings (SSSR count). The van der Waals surface area contributed by atoms with Gasteiger partial charge in [-0.2, -0.15) is 0 Å². The third-order valence-corrected chi connectivity index (χ3v) is 3.79. The Hall–Kier alpha value is -0.910. The number of benzene rings is 2. The first-order valence-electron chi connectivity index (χ1n) is 5.58. The molecule has 0 unspecified atom stereocenters. The summed E-state index contributed by atoms with van der Waals surface area (Å²) >= 11 is 6.63. The predicted molar refractivity (Wildman–Crippen MR) is 78.9 cm³/mol. The Labute approximate surface area is 127 Å². The van der Waals surface area contributed by atoms with Crippen molar-refractivity contribution in [3.63, 3.8) is 0 Å². The van der Waals surface area contributed by atoms with Gasteiger partial charge in [-0.05, 0) is 74.7 Å². The van der Waals surface area contributed by atoms with E-state index in [-0.39, 0.29) is 5.82 Å². The predicted octanol–water partition coefficient (Wildman–Crippen LogP) is 5.20. The van der Waals surface area contributed by atoms with Crippen LogP contribution in [0.4, 0.5) is 4.39 Å². The van der Waals surface area contributed by atoms with E-state index in [9.17, 15) is 9.50 Å². The number of aliphatic hydroxyl groups is 1. The van der Waals surface area contributed by atoms with Crippen molar-refractivity contribution in [2.45, 2.75) is 13.0 Å². The van der Waals surface area contributed by atoms with Crippen LogP contribution >= 0.6 is 31.9 Å². The van der Waals surface area contributed by atoms with Crippen LogP contribution in [0.15, 0.2) is 45.3 Å². The number of aliphatic hydroxyl groups excluding tert-OH is 1. The molecule has 0 amide bonds. The molecule has 0 spiro atoms. The molecule has 1 atom stereocenters. The lowest BCUT2D eigenvalue weighted by Crippen LogP contribution is -1.93. The minimum Gasteiger partial charge on any atom is -0.455 e. The summed E-state index contributed by atoms with van der Waals surface area (Å²) in [4.78, 5) is 0. The lowest BCUT2D eigenvalue weighted by atomic mass is 10.1. The van der Waals surface area contributed by atoms with Crippen molar-refractivity contribution in [1.82, 2.24) is 0 Å². The summed E-state index contributed by atoms with van der Waals surface area (Å²) in [5.74, 6) is 0.784. The Morgan fingerprint density at radius 1 is 1.05 bits per heavy atom. The van der Waals surface area contributed by atoms with E-state index in [1.165, 1.54) is 12.1 Å². The van der Waals surface area contributed by atoms with Gasteiger partial charge in [0.1, 0.15) is 17.3 Å². The number of rotatable bonds is 3. The highest BCUT2D eigenvalue weighted by Gasteiger charge is 2.09. The molecule has 2 aromatic rings. The number of ether oxygens (including phenoxy) is 1. The highest BCUT2D eigenvalue weighted by atomic mass is 79.9. The third-order valence-electron chi connectivity index (χ3n) is 2.55. The topological polar surface area (TPSA) is 29.5 Å². The van der Waals surface area contributed by atoms with E-state index in [1.54, 1.807) is 31.2 Å². The zero-order valence-corrected chi connectivity index (χ0v) is 13.2. The standard InChI is InChI=1S/C14H11Br2FO2/c1-8(18)9-2-4-13(11(15)6-9)19-14-5-3-10(17)7-12(14)16/h2-8,18H,1H3/t8-/m0/s1. The largest absolute Gasteiger partial charge is 0.455 e.